The predicted molar refractivity (Wildman–Crippen MR) is 65.3 cm³/mol. The van der Waals surface area contributed by atoms with E-state index >= 15 is 0 Å². The van der Waals surface area contributed by atoms with Crippen molar-refractivity contribution >= 4 is 10.8 Å². The van der Waals surface area contributed by atoms with Crippen LogP contribution >= 0.6 is 0 Å². The van der Waals surface area contributed by atoms with Gasteiger partial charge in [-0.2, -0.15) is 5.10 Å². The number of H-pyrrole nitrogens is 1. The zero-order valence-corrected chi connectivity index (χ0v) is 9.86. The van der Waals surface area contributed by atoms with Crippen LogP contribution < -0.4 is 5.56 Å². The van der Waals surface area contributed by atoms with Crippen molar-refractivity contribution in [3.63, 3.8) is 0 Å². The minimum absolute atomic E-state index is 0.0214. The van der Waals surface area contributed by atoms with Gasteiger partial charge in [0.05, 0.1) is 11.6 Å². The molecule has 88 valence electrons. The second-order valence-corrected chi connectivity index (χ2v) is 5.37. The van der Waals surface area contributed by atoms with Crippen LogP contribution in [-0.2, 0) is 7.05 Å². The van der Waals surface area contributed by atoms with Gasteiger partial charge in [-0.05, 0) is 31.6 Å². The summed E-state index contributed by atoms with van der Waals surface area (Å²) in [6, 6.07) is 0. The SMILES string of the molecule is Cn1c(C2CC2)c2cn[nH]c(=O)c2c1C1CC1. The van der Waals surface area contributed by atoms with Gasteiger partial charge < -0.3 is 4.57 Å². The Morgan fingerprint density at radius 2 is 1.88 bits per heavy atom. The molecular weight excluding hydrogens is 214 g/mol. The first-order valence-corrected chi connectivity index (χ1v) is 6.33. The van der Waals surface area contributed by atoms with Crippen molar-refractivity contribution in [3.8, 4) is 0 Å². The minimum atomic E-state index is -0.0214. The van der Waals surface area contributed by atoms with Crippen LogP contribution in [0.2, 0.25) is 0 Å². The highest BCUT2D eigenvalue weighted by atomic mass is 16.1. The number of rotatable bonds is 2. The second kappa shape index (κ2) is 3.00. The van der Waals surface area contributed by atoms with Crippen molar-refractivity contribution in [1.82, 2.24) is 14.8 Å². The average molecular weight is 229 g/mol. The predicted octanol–water partition coefficient (Wildman–Crippen LogP) is 2.02. The number of nitrogens with zero attached hydrogens (tertiary/aromatic N) is 2. The third-order valence-corrected chi connectivity index (χ3v) is 4.04. The molecule has 1 N–H and O–H groups in total. The Morgan fingerprint density at radius 3 is 2.53 bits per heavy atom. The van der Waals surface area contributed by atoms with E-state index in [1.807, 2.05) is 6.20 Å². The van der Waals surface area contributed by atoms with E-state index in [2.05, 4.69) is 21.8 Å². The largest absolute Gasteiger partial charge is 0.350 e. The van der Waals surface area contributed by atoms with E-state index in [9.17, 15) is 4.79 Å². The molecule has 0 spiro atoms. The van der Waals surface area contributed by atoms with E-state index in [-0.39, 0.29) is 5.56 Å². The third-order valence-electron chi connectivity index (χ3n) is 4.04. The van der Waals surface area contributed by atoms with Gasteiger partial charge in [-0.25, -0.2) is 5.10 Å². The molecule has 4 heteroatoms. The molecule has 0 unspecified atom stereocenters. The van der Waals surface area contributed by atoms with Crippen molar-refractivity contribution in [3.05, 3.63) is 27.9 Å². The van der Waals surface area contributed by atoms with Gasteiger partial charge in [0, 0.05) is 29.7 Å². The van der Waals surface area contributed by atoms with E-state index in [4.69, 9.17) is 0 Å². The molecule has 0 atom stereocenters. The zero-order valence-electron chi connectivity index (χ0n) is 9.86. The van der Waals surface area contributed by atoms with Gasteiger partial charge in [-0.1, -0.05) is 0 Å². The summed E-state index contributed by atoms with van der Waals surface area (Å²) in [5.41, 5.74) is 2.55. The Balaban J connectivity index is 2.14. The first-order chi connectivity index (χ1) is 8.27. The van der Waals surface area contributed by atoms with E-state index in [1.165, 1.54) is 37.1 Å². The van der Waals surface area contributed by atoms with Crippen LogP contribution in [-0.4, -0.2) is 14.8 Å². The molecule has 0 aliphatic heterocycles. The molecule has 0 amide bonds. The molecule has 2 aromatic rings. The summed E-state index contributed by atoms with van der Waals surface area (Å²) in [5.74, 6) is 1.25. The summed E-state index contributed by atoms with van der Waals surface area (Å²) in [4.78, 5) is 12.0. The lowest BCUT2D eigenvalue weighted by Gasteiger charge is -2.05. The van der Waals surface area contributed by atoms with Gasteiger partial charge in [0.2, 0.25) is 0 Å². The summed E-state index contributed by atoms with van der Waals surface area (Å²) in [5, 5.41) is 8.52. The Bertz CT molecular complexity index is 659. The fourth-order valence-electron chi connectivity index (χ4n) is 3.01. The molecule has 0 radical (unpaired) electrons. The Labute approximate surface area is 98.6 Å². The minimum Gasteiger partial charge on any atom is -0.350 e. The molecular formula is C13H15N3O. The van der Waals surface area contributed by atoms with Crippen molar-refractivity contribution in [2.45, 2.75) is 37.5 Å². The van der Waals surface area contributed by atoms with Gasteiger partial charge in [0.1, 0.15) is 0 Å². The zero-order chi connectivity index (χ0) is 11.6. The van der Waals surface area contributed by atoms with E-state index in [0.717, 1.165) is 10.8 Å². The summed E-state index contributed by atoms with van der Waals surface area (Å²) < 4.78 is 2.27. The van der Waals surface area contributed by atoms with Crippen molar-refractivity contribution in [1.29, 1.82) is 0 Å². The molecule has 2 heterocycles. The van der Waals surface area contributed by atoms with E-state index in [1.54, 1.807) is 0 Å². The van der Waals surface area contributed by atoms with Crippen LogP contribution in [0.3, 0.4) is 0 Å². The highest BCUT2D eigenvalue weighted by molar-refractivity contribution is 5.88. The molecule has 4 nitrogen and oxygen atoms in total. The summed E-state index contributed by atoms with van der Waals surface area (Å²) in [6.07, 6.45) is 6.78. The van der Waals surface area contributed by atoms with E-state index in [0.29, 0.717) is 11.8 Å². The molecule has 0 aromatic carbocycles. The highest BCUT2D eigenvalue weighted by Gasteiger charge is 2.35. The number of fused-ring (bicyclic) bond motifs is 1. The highest BCUT2D eigenvalue weighted by Crippen LogP contribution is 2.49. The van der Waals surface area contributed by atoms with Gasteiger partial charge >= 0.3 is 0 Å². The maximum atomic E-state index is 12.0. The summed E-state index contributed by atoms with van der Waals surface area (Å²) in [7, 11) is 2.11. The first kappa shape index (κ1) is 9.45. The molecule has 0 bridgehead atoms. The molecule has 2 aliphatic rings. The molecule has 2 aromatic heterocycles. The Kier molecular flexibility index (Phi) is 1.67. The number of hydrogen-bond acceptors (Lipinski definition) is 2. The lowest BCUT2D eigenvalue weighted by molar-refractivity contribution is 0.777. The van der Waals surface area contributed by atoms with Gasteiger partial charge in [-0.3, -0.25) is 4.79 Å². The molecule has 4 rings (SSSR count). The van der Waals surface area contributed by atoms with Gasteiger partial charge in [-0.15, -0.1) is 0 Å². The molecule has 2 saturated carbocycles. The lowest BCUT2D eigenvalue weighted by Crippen LogP contribution is -2.08. The average Bonchev–Trinajstić information content (AvgIpc) is 3.18. The topological polar surface area (TPSA) is 50.7 Å². The quantitative estimate of drug-likeness (QED) is 0.856. The fraction of sp³-hybridized carbons (Fsp3) is 0.538. The number of aromatic amines is 1. The van der Waals surface area contributed by atoms with Crippen LogP contribution in [0.15, 0.2) is 11.0 Å². The maximum absolute atomic E-state index is 12.0. The van der Waals surface area contributed by atoms with Crippen LogP contribution in [0.4, 0.5) is 0 Å². The van der Waals surface area contributed by atoms with Crippen molar-refractivity contribution < 1.29 is 0 Å². The Morgan fingerprint density at radius 1 is 1.24 bits per heavy atom. The third kappa shape index (κ3) is 1.24. The molecule has 2 fully saturated rings. The number of nitrogens with one attached hydrogen (secondary N) is 1. The van der Waals surface area contributed by atoms with Crippen LogP contribution in [0, 0.1) is 0 Å². The molecule has 2 aliphatic carbocycles. The van der Waals surface area contributed by atoms with Crippen LogP contribution in [0.1, 0.15) is 48.9 Å². The van der Waals surface area contributed by atoms with Gasteiger partial charge in [0.25, 0.3) is 5.56 Å². The van der Waals surface area contributed by atoms with Crippen LogP contribution in [0.5, 0.6) is 0 Å². The molecule has 17 heavy (non-hydrogen) atoms. The van der Waals surface area contributed by atoms with Gasteiger partial charge in [0.15, 0.2) is 0 Å². The van der Waals surface area contributed by atoms with E-state index < -0.39 is 0 Å². The lowest BCUT2D eigenvalue weighted by atomic mass is 10.1. The summed E-state index contributed by atoms with van der Waals surface area (Å²) in [6.45, 7) is 0. The normalized spacial score (nSPS) is 20.1. The maximum Gasteiger partial charge on any atom is 0.273 e. The summed E-state index contributed by atoms with van der Waals surface area (Å²) >= 11 is 0. The number of hydrogen-bond donors (Lipinski definition) is 1. The van der Waals surface area contributed by atoms with Crippen molar-refractivity contribution in [2.75, 3.05) is 0 Å². The smallest absolute Gasteiger partial charge is 0.273 e. The number of aromatic nitrogens is 3. The van der Waals surface area contributed by atoms with Crippen molar-refractivity contribution in [2.24, 2.45) is 7.05 Å². The molecule has 0 saturated heterocycles. The Hall–Kier alpha value is -1.58. The first-order valence-electron chi connectivity index (χ1n) is 6.33. The second-order valence-electron chi connectivity index (χ2n) is 5.37. The monoisotopic (exact) mass is 229 g/mol. The fourth-order valence-corrected chi connectivity index (χ4v) is 3.01. The standard InChI is InChI=1S/C13H15N3O/c1-16-11(7-2-3-7)9-6-14-15-13(17)10(9)12(16)8-4-5-8/h6-8H,2-5H2,1H3,(H,15,17). The van der Waals surface area contributed by atoms with Crippen LogP contribution in [0.25, 0.3) is 10.8 Å².